The lowest BCUT2D eigenvalue weighted by atomic mass is 10.1. The maximum atomic E-state index is 12.6. The molecule has 6 nitrogen and oxygen atoms in total. The summed E-state index contributed by atoms with van der Waals surface area (Å²) in [6.45, 7) is 4.51. The molecule has 0 saturated carbocycles. The Morgan fingerprint density at radius 3 is 2.83 bits per heavy atom. The van der Waals surface area contributed by atoms with Gasteiger partial charge in [0.05, 0.1) is 5.69 Å². The van der Waals surface area contributed by atoms with Crippen molar-refractivity contribution in [2.75, 3.05) is 12.5 Å². The van der Waals surface area contributed by atoms with Gasteiger partial charge < -0.3 is 9.47 Å². The first kappa shape index (κ1) is 15.4. The van der Waals surface area contributed by atoms with Crippen LogP contribution in [0.1, 0.15) is 19.4 Å². The molecule has 2 aromatic rings. The Morgan fingerprint density at radius 2 is 2.13 bits per heavy atom. The molecule has 0 radical (unpaired) electrons. The van der Waals surface area contributed by atoms with Crippen LogP contribution in [-0.4, -0.2) is 22.1 Å². The monoisotopic (exact) mass is 329 g/mol. The summed E-state index contributed by atoms with van der Waals surface area (Å²) < 4.78 is 12.2. The highest BCUT2D eigenvalue weighted by atomic mass is 32.2. The standard InChI is InChI=1S/C16H15N3O3S/c1-3-19-15(20)11(8-17)14(18-16(19)23-4-2)10-5-6-12-13(7-10)22-9-21-12/h5-7H,3-4,9H2,1-2H3. The van der Waals surface area contributed by atoms with Gasteiger partial charge in [-0.15, -0.1) is 0 Å². The van der Waals surface area contributed by atoms with E-state index in [4.69, 9.17) is 9.47 Å². The summed E-state index contributed by atoms with van der Waals surface area (Å²) in [6, 6.07) is 7.30. The average molecular weight is 329 g/mol. The Hall–Kier alpha value is -2.46. The second-order valence-electron chi connectivity index (χ2n) is 4.78. The third-order valence-corrected chi connectivity index (χ3v) is 4.34. The Morgan fingerprint density at radius 1 is 1.35 bits per heavy atom. The Labute approximate surface area is 137 Å². The summed E-state index contributed by atoms with van der Waals surface area (Å²) in [5.41, 5.74) is 0.792. The molecule has 1 aliphatic heterocycles. The SMILES string of the molecule is CCSc1nc(-c2ccc3c(c2)OCO3)c(C#N)c(=O)n1CC. The van der Waals surface area contributed by atoms with E-state index in [2.05, 4.69) is 4.98 Å². The fourth-order valence-corrected chi connectivity index (χ4v) is 3.19. The summed E-state index contributed by atoms with van der Waals surface area (Å²) in [5, 5.41) is 10.0. The van der Waals surface area contributed by atoms with Crippen LogP contribution in [0.15, 0.2) is 28.2 Å². The second kappa shape index (κ2) is 6.34. The largest absolute Gasteiger partial charge is 0.454 e. The number of rotatable bonds is 4. The predicted molar refractivity (Wildman–Crippen MR) is 86.8 cm³/mol. The first-order chi connectivity index (χ1) is 11.2. The molecule has 1 aliphatic rings. The van der Waals surface area contributed by atoms with E-state index in [1.807, 2.05) is 19.9 Å². The maximum absolute atomic E-state index is 12.6. The minimum Gasteiger partial charge on any atom is -0.454 e. The molecule has 0 spiro atoms. The van der Waals surface area contributed by atoms with Crippen LogP contribution in [0.2, 0.25) is 0 Å². The summed E-state index contributed by atoms with van der Waals surface area (Å²) in [6.07, 6.45) is 0. The van der Waals surface area contributed by atoms with Gasteiger partial charge in [-0.2, -0.15) is 5.26 Å². The van der Waals surface area contributed by atoms with Gasteiger partial charge in [0.1, 0.15) is 11.6 Å². The van der Waals surface area contributed by atoms with Crippen molar-refractivity contribution in [1.29, 1.82) is 5.26 Å². The molecule has 3 rings (SSSR count). The normalized spacial score (nSPS) is 12.2. The Bertz CT molecular complexity index is 855. The van der Waals surface area contributed by atoms with Crippen LogP contribution in [0.25, 0.3) is 11.3 Å². The molecule has 0 N–H and O–H groups in total. The van der Waals surface area contributed by atoms with E-state index in [0.717, 1.165) is 5.75 Å². The van der Waals surface area contributed by atoms with Crippen molar-refractivity contribution in [2.24, 2.45) is 0 Å². The van der Waals surface area contributed by atoms with Crippen molar-refractivity contribution < 1.29 is 9.47 Å². The second-order valence-corrected chi connectivity index (χ2v) is 6.01. The highest BCUT2D eigenvalue weighted by Crippen LogP contribution is 2.36. The predicted octanol–water partition coefficient (Wildman–Crippen LogP) is 2.64. The van der Waals surface area contributed by atoms with E-state index < -0.39 is 0 Å². The van der Waals surface area contributed by atoms with E-state index >= 15 is 0 Å². The molecular formula is C16H15N3O3S. The number of benzene rings is 1. The number of nitrogens with zero attached hydrogens (tertiary/aromatic N) is 3. The fourth-order valence-electron chi connectivity index (χ4n) is 2.41. The average Bonchev–Trinajstić information content (AvgIpc) is 3.02. The van der Waals surface area contributed by atoms with Crippen LogP contribution >= 0.6 is 11.8 Å². The number of nitriles is 1. The molecule has 0 amide bonds. The summed E-state index contributed by atoms with van der Waals surface area (Å²) in [4.78, 5) is 17.2. The first-order valence-corrected chi connectivity index (χ1v) is 8.25. The molecule has 23 heavy (non-hydrogen) atoms. The van der Waals surface area contributed by atoms with Gasteiger partial charge in [0.15, 0.2) is 16.7 Å². The minimum absolute atomic E-state index is 0.0474. The number of aromatic nitrogens is 2. The summed E-state index contributed by atoms with van der Waals surface area (Å²) >= 11 is 1.48. The van der Waals surface area contributed by atoms with Gasteiger partial charge in [0, 0.05) is 12.1 Å². The molecule has 2 heterocycles. The molecule has 1 aromatic carbocycles. The van der Waals surface area contributed by atoms with Gasteiger partial charge in [-0.1, -0.05) is 18.7 Å². The van der Waals surface area contributed by atoms with E-state index in [0.29, 0.717) is 34.5 Å². The third-order valence-electron chi connectivity index (χ3n) is 3.48. The van der Waals surface area contributed by atoms with Gasteiger partial charge in [-0.25, -0.2) is 4.98 Å². The zero-order chi connectivity index (χ0) is 16.4. The number of fused-ring (bicyclic) bond motifs is 1. The van der Waals surface area contributed by atoms with Crippen LogP contribution in [-0.2, 0) is 6.54 Å². The molecule has 0 fully saturated rings. The topological polar surface area (TPSA) is 77.1 Å². The molecule has 118 valence electrons. The lowest BCUT2D eigenvalue weighted by molar-refractivity contribution is 0.174. The van der Waals surface area contributed by atoms with Crippen molar-refractivity contribution in [2.45, 2.75) is 25.5 Å². The van der Waals surface area contributed by atoms with Crippen LogP contribution in [0.5, 0.6) is 11.5 Å². The summed E-state index contributed by atoms with van der Waals surface area (Å²) in [7, 11) is 0. The van der Waals surface area contributed by atoms with Crippen molar-refractivity contribution in [3.8, 4) is 28.8 Å². The van der Waals surface area contributed by atoms with Crippen LogP contribution in [0, 0.1) is 11.3 Å². The highest BCUT2D eigenvalue weighted by molar-refractivity contribution is 7.99. The molecule has 0 atom stereocenters. The van der Waals surface area contributed by atoms with Crippen molar-refractivity contribution in [3.63, 3.8) is 0 Å². The summed E-state index contributed by atoms with van der Waals surface area (Å²) in [5.74, 6) is 2.04. The van der Waals surface area contributed by atoms with Gasteiger partial charge in [0.2, 0.25) is 6.79 Å². The minimum atomic E-state index is -0.311. The number of hydrogen-bond donors (Lipinski definition) is 0. The van der Waals surface area contributed by atoms with E-state index in [9.17, 15) is 10.1 Å². The lowest BCUT2D eigenvalue weighted by Crippen LogP contribution is -2.26. The van der Waals surface area contributed by atoms with Crippen molar-refractivity contribution in [1.82, 2.24) is 9.55 Å². The van der Waals surface area contributed by atoms with Crippen molar-refractivity contribution in [3.05, 3.63) is 34.1 Å². The highest BCUT2D eigenvalue weighted by Gasteiger charge is 2.20. The lowest BCUT2D eigenvalue weighted by Gasteiger charge is -2.12. The molecule has 0 unspecified atom stereocenters. The molecule has 7 heteroatoms. The van der Waals surface area contributed by atoms with Crippen LogP contribution in [0.3, 0.4) is 0 Å². The van der Waals surface area contributed by atoms with Gasteiger partial charge >= 0.3 is 0 Å². The molecule has 0 aliphatic carbocycles. The Balaban J connectivity index is 2.22. The van der Waals surface area contributed by atoms with Crippen LogP contribution < -0.4 is 15.0 Å². The fraction of sp³-hybridized carbons (Fsp3) is 0.312. The maximum Gasteiger partial charge on any atom is 0.272 e. The van der Waals surface area contributed by atoms with E-state index in [1.165, 1.54) is 16.3 Å². The molecule has 0 bridgehead atoms. The third kappa shape index (κ3) is 2.66. The van der Waals surface area contributed by atoms with Gasteiger partial charge in [0.25, 0.3) is 5.56 Å². The zero-order valence-corrected chi connectivity index (χ0v) is 13.6. The van der Waals surface area contributed by atoms with E-state index in [-0.39, 0.29) is 17.9 Å². The molecular weight excluding hydrogens is 314 g/mol. The first-order valence-electron chi connectivity index (χ1n) is 7.27. The van der Waals surface area contributed by atoms with Crippen molar-refractivity contribution >= 4 is 11.8 Å². The van der Waals surface area contributed by atoms with E-state index in [1.54, 1.807) is 18.2 Å². The van der Waals surface area contributed by atoms with Gasteiger partial charge in [-0.05, 0) is 30.9 Å². The quantitative estimate of drug-likeness (QED) is 0.634. The zero-order valence-electron chi connectivity index (χ0n) is 12.8. The smallest absolute Gasteiger partial charge is 0.272 e. The van der Waals surface area contributed by atoms with Gasteiger partial charge in [-0.3, -0.25) is 9.36 Å². The van der Waals surface area contributed by atoms with Crippen LogP contribution in [0.4, 0.5) is 0 Å². The molecule has 0 saturated heterocycles. The molecule has 1 aromatic heterocycles. The number of ether oxygens (including phenoxy) is 2. The number of hydrogen-bond acceptors (Lipinski definition) is 6. The number of thioether (sulfide) groups is 1. The Kier molecular flexibility index (Phi) is 4.26.